The second-order valence-electron chi connectivity index (χ2n) is 4.11. The van der Waals surface area contributed by atoms with Crippen molar-refractivity contribution in [3.05, 3.63) is 34.4 Å². The Morgan fingerprint density at radius 1 is 1.35 bits per heavy atom. The molecule has 94 valence electrons. The average Bonchev–Trinajstić information content (AvgIpc) is 2.28. The van der Waals surface area contributed by atoms with Crippen molar-refractivity contribution >= 4 is 22.9 Å². The minimum atomic E-state index is 0.448. The van der Waals surface area contributed by atoms with E-state index in [4.69, 9.17) is 23.1 Å². The maximum atomic E-state index is 6.08. The quantitative estimate of drug-likeness (QED) is 0.779. The molecule has 0 aliphatic heterocycles. The van der Waals surface area contributed by atoms with Crippen molar-refractivity contribution in [2.24, 2.45) is 5.73 Å². The largest absolute Gasteiger partial charge is 0.398 e. The number of benzene rings is 1. The first-order chi connectivity index (χ1) is 8.13. The van der Waals surface area contributed by atoms with Crippen molar-refractivity contribution in [1.29, 1.82) is 0 Å². The third kappa shape index (κ3) is 3.48. The lowest BCUT2D eigenvalue weighted by Gasteiger charge is -2.14. The Bertz CT molecular complexity index is 411. The Labute approximate surface area is 109 Å². The van der Waals surface area contributed by atoms with Crippen molar-refractivity contribution in [1.82, 2.24) is 0 Å². The van der Waals surface area contributed by atoms with Gasteiger partial charge in [-0.2, -0.15) is 0 Å². The fourth-order valence-electron chi connectivity index (χ4n) is 2.03. The van der Waals surface area contributed by atoms with E-state index in [1.165, 1.54) is 5.57 Å². The van der Waals surface area contributed by atoms with Crippen LogP contribution in [-0.2, 0) is 6.54 Å². The molecular weight excluding hydrogens is 232 g/mol. The summed E-state index contributed by atoms with van der Waals surface area (Å²) in [6.07, 6.45) is 5.36. The topological polar surface area (TPSA) is 52.0 Å². The summed E-state index contributed by atoms with van der Waals surface area (Å²) in [5.74, 6) is 0. The van der Waals surface area contributed by atoms with Crippen LogP contribution in [-0.4, -0.2) is 0 Å². The van der Waals surface area contributed by atoms with Gasteiger partial charge in [0, 0.05) is 17.3 Å². The number of rotatable bonds is 5. The van der Waals surface area contributed by atoms with Gasteiger partial charge < -0.3 is 11.5 Å². The molecule has 3 heteroatoms. The summed E-state index contributed by atoms with van der Waals surface area (Å²) in [4.78, 5) is 0. The van der Waals surface area contributed by atoms with Crippen LogP contribution in [0.1, 0.15) is 44.2 Å². The van der Waals surface area contributed by atoms with Crippen LogP contribution in [0.3, 0.4) is 0 Å². The van der Waals surface area contributed by atoms with E-state index in [1.807, 2.05) is 6.07 Å². The molecule has 0 unspecified atom stereocenters. The van der Waals surface area contributed by atoms with Crippen LogP contribution >= 0.6 is 11.6 Å². The molecule has 4 N–H and O–H groups in total. The van der Waals surface area contributed by atoms with E-state index in [0.717, 1.165) is 30.4 Å². The Morgan fingerprint density at radius 3 is 2.59 bits per heavy atom. The molecule has 0 spiro atoms. The van der Waals surface area contributed by atoms with Gasteiger partial charge in [-0.1, -0.05) is 37.9 Å². The molecule has 0 amide bonds. The number of halogens is 1. The van der Waals surface area contributed by atoms with E-state index >= 15 is 0 Å². The highest BCUT2D eigenvalue weighted by atomic mass is 35.5. The van der Waals surface area contributed by atoms with Gasteiger partial charge in [-0.3, -0.25) is 0 Å². The molecule has 0 aromatic heterocycles. The van der Waals surface area contributed by atoms with Gasteiger partial charge in [0.1, 0.15) is 0 Å². The molecule has 1 aromatic rings. The highest BCUT2D eigenvalue weighted by Gasteiger charge is 2.10. The predicted octanol–water partition coefficient (Wildman–Crippen LogP) is 3.97. The van der Waals surface area contributed by atoms with Crippen molar-refractivity contribution in [3.63, 3.8) is 0 Å². The summed E-state index contributed by atoms with van der Waals surface area (Å²) in [6, 6.07) is 3.74. The van der Waals surface area contributed by atoms with Crippen LogP contribution in [0.4, 0.5) is 5.69 Å². The fourth-order valence-corrected chi connectivity index (χ4v) is 2.26. The van der Waals surface area contributed by atoms with Crippen LogP contribution < -0.4 is 11.5 Å². The summed E-state index contributed by atoms with van der Waals surface area (Å²) in [6.45, 7) is 4.74. The van der Waals surface area contributed by atoms with Crippen molar-refractivity contribution in [2.75, 3.05) is 5.73 Å². The SMILES string of the molecule is CC/C=C(\CCC)c1cc(Cl)cc(N)c1CN. The van der Waals surface area contributed by atoms with Gasteiger partial charge >= 0.3 is 0 Å². The molecule has 0 bridgehead atoms. The molecule has 1 aromatic carbocycles. The molecule has 0 fully saturated rings. The van der Waals surface area contributed by atoms with Gasteiger partial charge in [0.2, 0.25) is 0 Å². The van der Waals surface area contributed by atoms with Crippen molar-refractivity contribution < 1.29 is 0 Å². The van der Waals surface area contributed by atoms with E-state index in [1.54, 1.807) is 6.07 Å². The maximum Gasteiger partial charge on any atom is 0.0432 e. The van der Waals surface area contributed by atoms with Gasteiger partial charge in [-0.15, -0.1) is 0 Å². The zero-order valence-electron chi connectivity index (χ0n) is 10.6. The zero-order chi connectivity index (χ0) is 12.8. The minimum absolute atomic E-state index is 0.448. The average molecular weight is 253 g/mol. The Hall–Kier alpha value is -0.990. The first-order valence-electron chi connectivity index (χ1n) is 6.11. The summed E-state index contributed by atoms with van der Waals surface area (Å²) in [5.41, 5.74) is 15.9. The Balaban J connectivity index is 3.30. The van der Waals surface area contributed by atoms with Gasteiger partial charge in [-0.25, -0.2) is 0 Å². The summed E-state index contributed by atoms with van der Waals surface area (Å²) < 4.78 is 0. The number of nitrogen functional groups attached to an aromatic ring is 1. The molecule has 0 aliphatic carbocycles. The molecule has 0 aliphatic rings. The molecule has 0 atom stereocenters. The normalized spacial score (nSPS) is 11.9. The summed E-state index contributed by atoms with van der Waals surface area (Å²) in [7, 11) is 0. The third-order valence-electron chi connectivity index (χ3n) is 2.77. The number of hydrogen-bond acceptors (Lipinski definition) is 2. The molecule has 0 radical (unpaired) electrons. The number of nitrogens with two attached hydrogens (primary N) is 2. The molecule has 0 saturated heterocycles. The lowest BCUT2D eigenvalue weighted by molar-refractivity contribution is 0.959. The molecule has 0 saturated carbocycles. The smallest absolute Gasteiger partial charge is 0.0432 e. The van der Waals surface area contributed by atoms with Crippen LogP contribution in [0.15, 0.2) is 18.2 Å². The lowest BCUT2D eigenvalue weighted by atomic mass is 9.94. The predicted molar refractivity (Wildman–Crippen MR) is 76.9 cm³/mol. The van der Waals surface area contributed by atoms with Crippen LogP contribution in [0, 0.1) is 0 Å². The van der Waals surface area contributed by atoms with E-state index in [2.05, 4.69) is 19.9 Å². The first-order valence-corrected chi connectivity index (χ1v) is 6.49. The van der Waals surface area contributed by atoms with Crippen LogP contribution in [0.2, 0.25) is 5.02 Å². The first kappa shape index (κ1) is 14.1. The monoisotopic (exact) mass is 252 g/mol. The molecular formula is C14H21ClN2. The van der Waals surface area contributed by atoms with Crippen LogP contribution in [0.25, 0.3) is 5.57 Å². The molecule has 1 rings (SSSR count). The second kappa shape index (κ2) is 6.67. The van der Waals surface area contributed by atoms with Gasteiger partial charge in [0.25, 0.3) is 0 Å². The maximum absolute atomic E-state index is 6.08. The van der Waals surface area contributed by atoms with E-state index < -0.39 is 0 Å². The van der Waals surface area contributed by atoms with E-state index in [9.17, 15) is 0 Å². The van der Waals surface area contributed by atoms with Crippen molar-refractivity contribution in [3.8, 4) is 0 Å². The van der Waals surface area contributed by atoms with Gasteiger partial charge in [0.15, 0.2) is 0 Å². The third-order valence-corrected chi connectivity index (χ3v) is 2.99. The standard InChI is InChI=1S/C14H21ClN2/c1-3-5-10(6-4-2)12-7-11(15)8-14(17)13(12)9-16/h5,7-8H,3-4,6,9,16-17H2,1-2H3/b10-5+. The fraction of sp³-hybridized carbons (Fsp3) is 0.429. The minimum Gasteiger partial charge on any atom is -0.398 e. The second-order valence-corrected chi connectivity index (χ2v) is 4.55. The Kier molecular flexibility index (Phi) is 5.52. The number of hydrogen-bond donors (Lipinski definition) is 2. The highest BCUT2D eigenvalue weighted by molar-refractivity contribution is 6.31. The van der Waals surface area contributed by atoms with Crippen molar-refractivity contribution in [2.45, 2.75) is 39.7 Å². The lowest BCUT2D eigenvalue weighted by Crippen LogP contribution is -2.06. The highest BCUT2D eigenvalue weighted by Crippen LogP contribution is 2.30. The summed E-state index contributed by atoms with van der Waals surface area (Å²) in [5, 5.41) is 0.674. The van der Waals surface area contributed by atoms with Gasteiger partial charge in [0.05, 0.1) is 0 Å². The Morgan fingerprint density at radius 2 is 2.06 bits per heavy atom. The number of allylic oxidation sites excluding steroid dienone is 2. The molecule has 2 nitrogen and oxygen atoms in total. The number of anilines is 1. The molecule has 0 heterocycles. The van der Waals surface area contributed by atoms with Gasteiger partial charge in [-0.05, 0) is 41.7 Å². The summed E-state index contributed by atoms with van der Waals surface area (Å²) >= 11 is 6.08. The van der Waals surface area contributed by atoms with E-state index in [-0.39, 0.29) is 0 Å². The zero-order valence-corrected chi connectivity index (χ0v) is 11.3. The molecule has 17 heavy (non-hydrogen) atoms. The van der Waals surface area contributed by atoms with Crippen LogP contribution in [0.5, 0.6) is 0 Å². The van der Waals surface area contributed by atoms with E-state index in [0.29, 0.717) is 17.3 Å².